The number of benzene rings is 2. The fourth-order valence-corrected chi connectivity index (χ4v) is 3.27. The average Bonchev–Trinajstić information content (AvgIpc) is 2.98. The molecule has 1 unspecified atom stereocenters. The molecule has 1 aromatic heterocycles. The lowest BCUT2D eigenvalue weighted by atomic mass is 10.3. The van der Waals surface area contributed by atoms with E-state index in [1.807, 2.05) is 54.6 Å². The van der Waals surface area contributed by atoms with Crippen LogP contribution in [-0.2, 0) is 0 Å². The zero-order chi connectivity index (χ0) is 14.7. The van der Waals surface area contributed by atoms with E-state index < -0.39 is 0 Å². The molecule has 3 rings (SSSR count). The highest BCUT2D eigenvalue weighted by Gasteiger charge is 2.17. The summed E-state index contributed by atoms with van der Waals surface area (Å²) in [6.45, 7) is 2.08. The minimum atomic E-state index is 0.110. The summed E-state index contributed by atoms with van der Waals surface area (Å²) in [4.78, 5) is 1.10. The predicted molar refractivity (Wildman–Crippen MR) is 84.9 cm³/mol. The topological polar surface area (TPSA) is 43.6 Å². The van der Waals surface area contributed by atoms with Gasteiger partial charge in [-0.1, -0.05) is 35.9 Å². The predicted octanol–water partition coefficient (Wildman–Crippen LogP) is 4.17. The van der Waals surface area contributed by atoms with Crippen LogP contribution >= 0.6 is 23.4 Å². The van der Waals surface area contributed by atoms with E-state index in [2.05, 4.69) is 22.4 Å². The van der Waals surface area contributed by atoms with Crippen molar-refractivity contribution in [2.24, 2.45) is 0 Å². The molecular weight excluding hydrogens is 304 g/mol. The smallest absolute Gasteiger partial charge is 0.169 e. The van der Waals surface area contributed by atoms with Crippen molar-refractivity contribution in [1.29, 1.82) is 0 Å². The first-order chi connectivity index (χ1) is 10.2. The number of nitrogens with zero attached hydrogens (tertiary/aromatic N) is 4. The van der Waals surface area contributed by atoms with Crippen LogP contribution in [0.4, 0.5) is 0 Å². The van der Waals surface area contributed by atoms with Gasteiger partial charge in [-0.05, 0) is 47.7 Å². The third kappa shape index (κ3) is 3.25. The summed E-state index contributed by atoms with van der Waals surface area (Å²) in [5.41, 5.74) is 0.955. The van der Waals surface area contributed by atoms with E-state index >= 15 is 0 Å². The largest absolute Gasteiger partial charge is 0.196 e. The summed E-state index contributed by atoms with van der Waals surface area (Å²) < 4.78 is 1.77. The minimum absolute atomic E-state index is 0.110. The van der Waals surface area contributed by atoms with E-state index in [0.717, 1.165) is 21.4 Å². The Balaban J connectivity index is 1.86. The van der Waals surface area contributed by atoms with E-state index in [1.165, 1.54) is 0 Å². The SMILES string of the molecule is CC(Sc1cccc(Cl)c1)c1nnnn1-c1ccccc1. The summed E-state index contributed by atoms with van der Waals surface area (Å²) in [6.07, 6.45) is 0. The van der Waals surface area contributed by atoms with Crippen LogP contribution in [-0.4, -0.2) is 20.2 Å². The first kappa shape index (κ1) is 14.1. The van der Waals surface area contributed by atoms with Crippen molar-refractivity contribution in [2.45, 2.75) is 17.1 Å². The lowest BCUT2D eigenvalue weighted by Crippen LogP contribution is -2.04. The molecule has 0 bridgehead atoms. The lowest BCUT2D eigenvalue weighted by molar-refractivity contribution is 0.763. The molecule has 0 amide bonds. The third-order valence-corrected chi connectivity index (χ3v) is 4.29. The number of hydrogen-bond acceptors (Lipinski definition) is 4. The molecule has 0 aliphatic carbocycles. The molecule has 106 valence electrons. The molecule has 1 heterocycles. The molecule has 0 saturated carbocycles. The molecule has 0 radical (unpaired) electrons. The van der Waals surface area contributed by atoms with Crippen molar-refractivity contribution in [3.63, 3.8) is 0 Å². The Morgan fingerprint density at radius 3 is 2.67 bits per heavy atom. The molecule has 0 aliphatic rings. The van der Waals surface area contributed by atoms with E-state index in [0.29, 0.717) is 0 Å². The number of hydrogen-bond donors (Lipinski definition) is 0. The van der Waals surface area contributed by atoms with Gasteiger partial charge in [0.05, 0.1) is 10.9 Å². The normalized spacial score (nSPS) is 12.3. The van der Waals surface area contributed by atoms with Gasteiger partial charge in [0.25, 0.3) is 0 Å². The van der Waals surface area contributed by atoms with Gasteiger partial charge in [0, 0.05) is 9.92 Å². The van der Waals surface area contributed by atoms with Gasteiger partial charge in [-0.2, -0.15) is 4.68 Å². The van der Waals surface area contributed by atoms with E-state index in [-0.39, 0.29) is 5.25 Å². The van der Waals surface area contributed by atoms with Gasteiger partial charge < -0.3 is 0 Å². The van der Waals surface area contributed by atoms with Gasteiger partial charge in [0.2, 0.25) is 0 Å². The monoisotopic (exact) mass is 316 g/mol. The van der Waals surface area contributed by atoms with Crippen molar-refractivity contribution in [1.82, 2.24) is 20.2 Å². The van der Waals surface area contributed by atoms with Gasteiger partial charge in [-0.3, -0.25) is 0 Å². The number of thioether (sulfide) groups is 1. The minimum Gasteiger partial charge on any atom is -0.196 e. The van der Waals surface area contributed by atoms with Crippen LogP contribution in [0.25, 0.3) is 5.69 Å². The van der Waals surface area contributed by atoms with Crippen molar-refractivity contribution in [3.8, 4) is 5.69 Å². The molecule has 0 aliphatic heterocycles. The Hall–Kier alpha value is -1.85. The maximum Gasteiger partial charge on any atom is 0.169 e. The van der Waals surface area contributed by atoms with Gasteiger partial charge in [0.1, 0.15) is 0 Å². The molecule has 6 heteroatoms. The van der Waals surface area contributed by atoms with Crippen LogP contribution in [0, 0.1) is 0 Å². The Kier molecular flexibility index (Phi) is 4.22. The van der Waals surface area contributed by atoms with E-state index in [4.69, 9.17) is 11.6 Å². The number of para-hydroxylation sites is 1. The zero-order valence-corrected chi connectivity index (χ0v) is 12.9. The number of rotatable bonds is 4. The van der Waals surface area contributed by atoms with Crippen LogP contribution in [0.5, 0.6) is 0 Å². The average molecular weight is 317 g/mol. The van der Waals surface area contributed by atoms with Crippen molar-refractivity contribution >= 4 is 23.4 Å². The summed E-state index contributed by atoms with van der Waals surface area (Å²) in [7, 11) is 0. The summed E-state index contributed by atoms with van der Waals surface area (Å²) >= 11 is 7.70. The van der Waals surface area contributed by atoms with Crippen LogP contribution in [0.3, 0.4) is 0 Å². The van der Waals surface area contributed by atoms with Gasteiger partial charge in [-0.15, -0.1) is 16.9 Å². The molecule has 2 aromatic carbocycles. The van der Waals surface area contributed by atoms with Crippen LogP contribution in [0.1, 0.15) is 18.0 Å². The lowest BCUT2D eigenvalue weighted by Gasteiger charge is -2.11. The van der Waals surface area contributed by atoms with Crippen LogP contribution in [0.15, 0.2) is 59.5 Å². The molecule has 3 aromatic rings. The molecule has 0 saturated heterocycles. The maximum absolute atomic E-state index is 6.02. The second-order valence-electron chi connectivity index (χ2n) is 4.50. The molecule has 1 atom stereocenters. The Morgan fingerprint density at radius 1 is 1.10 bits per heavy atom. The van der Waals surface area contributed by atoms with Crippen molar-refractivity contribution in [2.75, 3.05) is 0 Å². The standard InChI is InChI=1S/C15H13ClN4S/c1-11(21-14-9-5-6-12(16)10-14)15-17-18-19-20(15)13-7-3-2-4-8-13/h2-11H,1H3. The number of halogens is 1. The molecular formula is C15H13ClN4S. The Morgan fingerprint density at radius 2 is 1.90 bits per heavy atom. The second-order valence-corrected chi connectivity index (χ2v) is 6.35. The van der Waals surface area contributed by atoms with Gasteiger partial charge in [-0.25, -0.2) is 0 Å². The van der Waals surface area contributed by atoms with E-state index in [1.54, 1.807) is 16.4 Å². The molecule has 0 spiro atoms. The van der Waals surface area contributed by atoms with Gasteiger partial charge >= 0.3 is 0 Å². The fourth-order valence-electron chi connectivity index (χ4n) is 2.00. The number of aromatic nitrogens is 4. The van der Waals surface area contributed by atoms with E-state index in [9.17, 15) is 0 Å². The molecule has 4 nitrogen and oxygen atoms in total. The Bertz CT molecular complexity index is 729. The quantitative estimate of drug-likeness (QED) is 0.678. The molecule has 21 heavy (non-hydrogen) atoms. The zero-order valence-electron chi connectivity index (χ0n) is 11.3. The fraction of sp³-hybridized carbons (Fsp3) is 0.133. The van der Waals surface area contributed by atoms with Crippen LogP contribution < -0.4 is 0 Å². The highest BCUT2D eigenvalue weighted by atomic mass is 35.5. The highest BCUT2D eigenvalue weighted by Crippen LogP contribution is 2.35. The third-order valence-electron chi connectivity index (χ3n) is 2.97. The van der Waals surface area contributed by atoms with Crippen molar-refractivity contribution < 1.29 is 0 Å². The summed E-state index contributed by atoms with van der Waals surface area (Å²) in [5.74, 6) is 0.811. The van der Waals surface area contributed by atoms with Gasteiger partial charge in [0.15, 0.2) is 5.82 Å². The Labute approximate surface area is 132 Å². The summed E-state index contributed by atoms with van der Waals surface area (Å²) in [5, 5.41) is 12.9. The molecule has 0 N–H and O–H groups in total. The maximum atomic E-state index is 6.02. The summed E-state index contributed by atoms with van der Waals surface area (Å²) in [6, 6.07) is 17.7. The van der Waals surface area contributed by atoms with Crippen LogP contribution in [0.2, 0.25) is 5.02 Å². The first-order valence-corrected chi connectivity index (χ1v) is 7.76. The number of tetrazole rings is 1. The first-order valence-electron chi connectivity index (χ1n) is 6.50. The second kappa shape index (κ2) is 6.28. The van der Waals surface area contributed by atoms with Crippen molar-refractivity contribution in [3.05, 3.63) is 65.4 Å². The molecule has 0 fully saturated rings. The highest BCUT2D eigenvalue weighted by molar-refractivity contribution is 7.99.